The zero-order valence-corrected chi connectivity index (χ0v) is 13.9. The fourth-order valence-electron chi connectivity index (χ4n) is 1.91. The van der Waals surface area contributed by atoms with E-state index in [1.807, 2.05) is 42.5 Å². The smallest absolute Gasteiger partial charge is 0.122 e. The van der Waals surface area contributed by atoms with Gasteiger partial charge < -0.3 is 15.2 Å². The van der Waals surface area contributed by atoms with Crippen LogP contribution in [0.5, 0.6) is 11.5 Å². The molecule has 0 bridgehead atoms. The second kappa shape index (κ2) is 8.27. The van der Waals surface area contributed by atoms with Crippen LogP contribution < -0.4 is 15.2 Å². The number of rotatable bonds is 7. The molecule has 2 rings (SSSR count). The molecule has 0 unspecified atom stereocenters. The number of hydrogen-bond acceptors (Lipinski definition) is 3. The molecule has 0 aromatic heterocycles. The number of halogens is 2. The fourth-order valence-corrected chi connectivity index (χ4v) is 2.48. The Hall–Kier alpha value is -1.23. The van der Waals surface area contributed by atoms with Gasteiger partial charge in [-0.1, -0.05) is 33.6 Å². The van der Waals surface area contributed by atoms with Crippen LogP contribution in [0.4, 0.5) is 0 Å². The van der Waals surface area contributed by atoms with E-state index in [2.05, 4.69) is 15.9 Å². The molecule has 0 saturated carbocycles. The molecule has 3 nitrogen and oxygen atoms in total. The van der Waals surface area contributed by atoms with Crippen molar-refractivity contribution in [1.29, 1.82) is 0 Å². The summed E-state index contributed by atoms with van der Waals surface area (Å²) in [5.74, 6) is 1.62. The van der Waals surface area contributed by atoms with E-state index in [1.165, 1.54) is 0 Å². The Labute approximate surface area is 138 Å². The van der Waals surface area contributed by atoms with Gasteiger partial charge in [-0.2, -0.15) is 0 Å². The van der Waals surface area contributed by atoms with E-state index in [4.69, 9.17) is 26.8 Å². The Morgan fingerprint density at radius 3 is 2.62 bits per heavy atom. The Morgan fingerprint density at radius 1 is 1.05 bits per heavy atom. The average molecular weight is 371 g/mol. The largest absolute Gasteiger partial charge is 0.490 e. The van der Waals surface area contributed by atoms with E-state index in [0.29, 0.717) is 24.8 Å². The van der Waals surface area contributed by atoms with Gasteiger partial charge in [0.05, 0.1) is 0 Å². The molecule has 0 fully saturated rings. The number of ether oxygens (including phenoxy) is 2. The molecule has 112 valence electrons. The standard InChI is InChI=1S/C16H17BrClNO2/c17-13-2-1-3-15(11-13)20-8-9-21-16-5-4-14(18)10-12(16)6-7-19/h1-5,10-11H,6-9,19H2. The van der Waals surface area contributed by atoms with Crippen molar-refractivity contribution in [3.63, 3.8) is 0 Å². The number of hydrogen-bond donors (Lipinski definition) is 1. The van der Waals surface area contributed by atoms with Crippen molar-refractivity contribution in [2.24, 2.45) is 5.73 Å². The van der Waals surface area contributed by atoms with Crippen LogP contribution in [0, 0.1) is 0 Å². The molecule has 0 atom stereocenters. The summed E-state index contributed by atoms with van der Waals surface area (Å²) in [5.41, 5.74) is 6.62. The summed E-state index contributed by atoms with van der Waals surface area (Å²) < 4.78 is 12.4. The topological polar surface area (TPSA) is 44.5 Å². The molecule has 0 amide bonds. The zero-order valence-electron chi connectivity index (χ0n) is 11.5. The van der Waals surface area contributed by atoms with E-state index in [9.17, 15) is 0 Å². The van der Waals surface area contributed by atoms with Gasteiger partial charge in [-0.15, -0.1) is 0 Å². The van der Waals surface area contributed by atoms with Gasteiger partial charge in [0.15, 0.2) is 0 Å². The second-order valence-corrected chi connectivity index (χ2v) is 5.80. The van der Waals surface area contributed by atoms with Crippen LogP contribution in [0.1, 0.15) is 5.56 Å². The maximum absolute atomic E-state index is 5.98. The third kappa shape index (κ3) is 5.23. The molecule has 0 radical (unpaired) electrons. The highest BCUT2D eigenvalue weighted by Crippen LogP contribution is 2.23. The van der Waals surface area contributed by atoms with Crippen molar-refractivity contribution in [2.45, 2.75) is 6.42 Å². The molecule has 0 aliphatic carbocycles. The van der Waals surface area contributed by atoms with Gasteiger partial charge in [0.25, 0.3) is 0 Å². The second-order valence-electron chi connectivity index (χ2n) is 4.45. The molecule has 2 N–H and O–H groups in total. The van der Waals surface area contributed by atoms with E-state index in [0.717, 1.165) is 28.0 Å². The number of benzene rings is 2. The molecular formula is C16H17BrClNO2. The summed E-state index contributed by atoms with van der Waals surface area (Å²) in [6.45, 7) is 1.50. The van der Waals surface area contributed by atoms with Crippen LogP contribution in [0.15, 0.2) is 46.9 Å². The number of nitrogens with two attached hydrogens (primary N) is 1. The van der Waals surface area contributed by atoms with E-state index < -0.39 is 0 Å². The minimum Gasteiger partial charge on any atom is -0.490 e. The minimum atomic E-state index is 0.464. The van der Waals surface area contributed by atoms with Crippen LogP contribution in [0.25, 0.3) is 0 Å². The molecule has 0 heterocycles. The Balaban J connectivity index is 1.86. The van der Waals surface area contributed by atoms with Crippen LogP contribution in [-0.2, 0) is 6.42 Å². The lowest BCUT2D eigenvalue weighted by Gasteiger charge is -2.12. The summed E-state index contributed by atoms with van der Waals surface area (Å²) in [6, 6.07) is 13.3. The van der Waals surface area contributed by atoms with Crippen molar-refractivity contribution in [1.82, 2.24) is 0 Å². The maximum atomic E-state index is 5.98. The lowest BCUT2D eigenvalue weighted by atomic mass is 10.1. The van der Waals surface area contributed by atoms with Crippen LogP contribution >= 0.6 is 27.5 Å². The average Bonchev–Trinajstić information content (AvgIpc) is 2.46. The molecule has 0 saturated heterocycles. The molecule has 21 heavy (non-hydrogen) atoms. The summed E-state index contributed by atoms with van der Waals surface area (Å²) in [5, 5.41) is 0.691. The first-order valence-corrected chi connectivity index (χ1v) is 7.86. The van der Waals surface area contributed by atoms with Crippen LogP contribution in [-0.4, -0.2) is 19.8 Å². The van der Waals surface area contributed by atoms with Crippen molar-refractivity contribution < 1.29 is 9.47 Å². The predicted molar refractivity (Wildman–Crippen MR) is 89.3 cm³/mol. The minimum absolute atomic E-state index is 0.464. The highest BCUT2D eigenvalue weighted by atomic mass is 79.9. The van der Waals surface area contributed by atoms with Gasteiger partial charge in [-0.3, -0.25) is 0 Å². The monoisotopic (exact) mass is 369 g/mol. The maximum Gasteiger partial charge on any atom is 0.122 e. The first-order chi connectivity index (χ1) is 10.2. The molecule has 0 aliphatic rings. The molecule has 0 aliphatic heterocycles. The molecule has 5 heteroatoms. The van der Waals surface area contributed by atoms with Crippen LogP contribution in [0.3, 0.4) is 0 Å². The summed E-state index contributed by atoms with van der Waals surface area (Å²) in [6.07, 6.45) is 0.738. The summed E-state index contributed by atoms with van der Waals surface area (Å²) in [7, 11) is 0. The first kappa shape index (κ1) is 16.1. The third-order valence-electron chi connectivity index (χ3n) is 2.84. The molecular weight excluding hydrogens is 354 g/mol. The molecule has 2 aromatic carbocycles. The van der Waals surface area contributed by atoms with Gasteiger partial charge in [-0.05, 0) is 54.9 Å². The Kier molecular flexibility index (Phi) is 6.36. The predicted octanol–water partition coefficient (Wildman–Crippen LogP) is 4.06. The van der Waals surface area contributed by atoms with Gasteiger partial charge in [0.1, 0.15) is 24.7 Å². The quantitative estimate of drug-likeness (QED) is 0.748. The fraction of sp³-hybridized carbons (Fsp3) is 0.250. The van der Waals surface area contributed by atoms with Crippen molar-refractivity contribution in [3.05, 3.63) is 57.5 Å². The van der Waals surface area contributed by atoms with E-state index >= 15 is 0 Å². The van der Waals surface area contributed by atoms with Gasteiger partial charge in [0.2, 0.25) is 0 Å². The lowest BCUT2D eigenvalue weighted by molar-refractivity contribution is 0.216. The van der Waals surface area contributed by atoms with Gasteiger partial charge in [0, 0.05) is 9.50 Å². The molecule has 0 spiro atoms. The van der Waals surface area contributed by atoms with E-state index in [1.54, 1.807) is 0 Å². The third-order valence-corrected chi connectivity index (χ3v) is 3.57. The van der Waals surface area contributed by atoms with E-state index in [-0.39, 0.29) is 0 Å². The highest BCUT2D eigenvalue weighted by Gasteiger charge is 2.04. The normalized spacial score (nSPS) is 10.4. The Morgan fingerprint density at radius 2 is 1.86 bits per heavy atom. The van der Waals surface area contributed by atoms with Crippen molar-refractivity contribution in [2.75, 3.05) is 19.8 Å². The van der Waals surface area contributed by atoms with Crippen LogP contribution in [0.2, 0.25) is 5.02 Å². The van der Waals surface area contributed by atoms with Gasteiger partial charge >= 0.3 is 0 Å². The SMILES string of the molecule is NCCc1cc(Cl)ccc1OCCOc1cccc(Br)c1. The summed E-state index contributed by atoms with van der Waals surface area (Å²) >= 11 is 9.39. The zero-order chi connectivity index (χ0) is 15.1. The highest BCUT2D eigenvalue weighted by molar-refractivity contribution is 9.10. The van der Waals surface area contributed by atoms with Crippen molar-refractivity contribution in [3.8, 4) is 11.5 Å². The van der Waals surface area contributed by atoms with Gasteiger partial charge in [-0.25, -0.2) is 0 Å². The summed E-state index contributed by atoms with van der Waals surface area (Å²) in [4.78, 5) is 0. The Bertz CT molecular complexity index is 592. The lowest BCUT2D eigenvalue weighted by Crippen LogP contribution is -2.11. The molecule has 2 aromatic rings. The van der Waals surface area contributed by atoms with Crippen molar-refractivity contribution >= 4 is 27.5 Å². The first-order valence-electron chi connectivity index (χ1n) is 6.68.